The fraction of sp³-hybridized carbons (Fsp3) is 0.111. The number of amides is 1. The molecule has 1 aromatic heterocycles. The number of rotatable bonds is 3. The first-order chi connectivity index (χ1) is 12.4. The van der Waals surface area contributed by atoms with Gasteiger partial charge in [-0.25, -0.2) is 17.5 Å². The summed E-state index contributed by atoms with van der Waals surface area (Å²) in [6, 6.07) is 14.2. The van der Waals surface area contributed by atoms with Crippen LogP contribution in [0.25, 0.3) is 5.69 Å². The first kappa shape index (κ1) is 16.5. The van der Waals surface area contributed by atoms with Crippen molar-refractivity contribution >= 4 is 21.6 Å². The van der Waals surface area contributed by atoms with Gasteiger partial charge in [0.1, 0.15) is 11.6 Å². The summed E-state index contributed by atoms with van der Waals surface area (Å²) in [6.45, 7) is 0. The van der Waals surface area contributed by atoms with Gasteiger partial charge < -0.3 is 5.32 Å². The number of benzene rings is 2. The van der Waals surface area contributed by atoms with E-state index in [-0.39, 0.29) is 17.4 Å². The topological polar surface area (TPSA) is 81.1 Å². The van der Waals surface area contributed by atoms with Gasteiger partial charge >= 0.3 is 0 Å². The summed E-state index contributed by atoms with van der Waals surface area (Å²) in [5.74, 6) is -0.841. The smallest absolute Gasteiger partial charge is 0.256 e. The van der Waals surface area contributed by atoms with E-state index in [1.165, 1.54) is 28.9 Å². The Hall–Kier alpha value is -3.00. The molecule has 0 bridgehead atoms. The van der Waals surface area contributed by atoms with Crippen LogP contribution in [0.1, 0.15) is 21.6 Å². The minimum Gasteiger partial charge on any atom is -0.306 e. The molecular formula is C18H14FN3O3S. The van der Waals surface area contributed by atoms with Crippen LogP contribution in [0.4, 0.5) is 10.2 Å². The van der Waals surface area contributed by atoms with E-state index in [1.807, 2.05) is 0 Å². The van der Waals surface area contributed by atoms with Crippen LogP contribution in [-0.4, -0.2) is 24.1 Å². The van der Waals surface area contributed by atoms with E-state index >= 15 is 0 Å². The molecule has 0 atom stereocenters. The number of fused-ring (bicyclic) bond motifs is 1. The van der Waals surface area contributed by atoms with Gasteiger partial charge in [-0.2, -0.15) is 5.10 Å². The third-order valence-corrected chi connectivity index (χ3v) is 5.57. The second-order valence-corrected chi connectivity index (χ2v) is 8.08. The molecule has 6 nitrogen and oxygen atoms in total. The van der Waals surface area contributed by atoms with Crippen molar-refractivity contribution in [2.45, 2.75) is 11.5 Å². The SMILES string of the molecule is O=C(Nc1c2c(nn1-c1ccc(F)cc1)CS(=O)(=O)C2)c1ccccc1. The maximum Gasteiger partial charge on any atom is 0.256 e. The van der Waals surface area contributed by atoms with E-state index in [2.05, 4.69) is 10.4 Å². The summed E-state index contributed by atoms with van der Waals surface area (Å²) >= 11 is 0. The molecule has 0 fully saturated rings. The average molecular weight is 371 g/mol. The average Bonchev–Trinajstić information content (AvgIpc) is 3.09. The van der Waals surface area contributed by atoms with Crippen LogP contribution in [0.3, 0.4) is 0 Å². The Morgan fingerprint density at radius 3 is 2.42 bits per heavy atom. The van der Waals surface area contributed by atoms with Crippen LogP contribution in [0.2, 0.25) is 0 Å². The lowest BCUT2D eigenvalue weighted by Crippen LogP contribution is -2.16. The van der Waals surface area contributed by atoms with Gasteiger partial charge in [0.2, 0.25) is 0 Å². The van der Waals surface area contributed by atoms with Crippen molar-refractivity contribution in [3.63, 3.8) is 0 Å². The Bertz CT molecular complexity index is 1090. The highest BCUT2D eigenvalue weighted by molar-refractivity contribution is 7.90. The highest BCUT2D eigenvalue weighted by Crippen LogP contribution is 2.33. The summed E-state index contributed by atoms with van der Waals surface area (Å²) in [6.07, 6.45) is 0. The number of hydrogen-bond donors (Lipinski definition) is 1. The molecule has 2 aromatic carbocycles. The van der Waals surface area contributed by atoms with Crippen LogP contribution in [0, 0.1) is 5.82 Å². The third kappa shape index (κ3) is 2.99. The molecule has 26 heavy (non-hydrogen) atoms. The van der Waals surface area contributed by atoms with Gasteiger partial charge in [-0.1, -0.05) is 18.2 Å². The van der Waals surface area contributed by atoms with Crippen LogP contribution in [0.15, 0.2) is 54.6 Å². The standard InChI is InChI=1S/C18H14FN3O3S/c19-13-6-8-14(9-7-13)22-17(15-10-26(24,25)11-16(15)21-22)20-18(23)12-4-2-1-3-5-12/h1-9H,10-11H2,(H,20,23). The summed E-state index contributed by atoms with van der Waals surface area (Å²) in [7, 11) is -3.28. The van der Waals surface area contributed by atoms with Crippen molar-refractivity contribution in [2.75, 3.05) is 5.32 Å². The molecule has 0 unspecified atom stereocenters. The van der Waals surface area contributed by atoms with Crippen molar-refractivity contribution in [3.05, 3.63) is 77.2 Å². The number of carbonyl (C=O) groups excluding carboxylic acids is 1. The third-order valence-electron chi connectivity index (χ3n) is 4.13. The van der Waals surface area contributed by atoms with Crippen LogP contribution < -0.4 is 5.32 Å². The van der Waals surface area contributed by atoms with Crippen molar-refractivity contribution in [1.82, 2.24) is 9.78 Å². The van der Waals surface area contributed by atoms with Gasteiger partial charge in [-0.15, -0.1) is 0 Å². The van der Waals surface area contributed by atoms with E-state index in [0.29, 0.717) is 28.3 Å². The Morgan fingerprint density at radius 2 is 1.73 bits per heavy atom. The van der Waals surface area contributed by atoms with Crippen LogP contribution in [-0.2, 0) is 21.3 Å². The van der Waals surface area contributed by atoms with Crippen LogP contribution >= 0.6 is 0 Å². The summed E-state index contributed by atoms with van der Waals surface area (Å²) in [5.41, 5.74) is 1.84. The molecule has 1 aliphatic heterocycles. The molecule has 132 valence electrons. The summed E-state index contributed by atoms with van der Waals surface area (Å²) < 4.78 is 38.5. The molecule has 1 N–H and O–H groups in total. The van der Waals surface area contributed by atoms with Gasteiger partial charge in [-0.05, 0) is 36.4 Å². The van der Waals surface area contributed by atoms with E-state index < -0.39 is 15.7 Å². The Balaban J connectivity index is 1.79. The Morgan fingerprint density at radius 1 is 1.04 bits per heavy atom. The van der Waals surface area contributed by atoms with Crippen LogP contribution in [0.5, 0.6) is 0 Å². The molecule has 1 amide bonds. The van der Waals surface area contributed by atoms with Gasteiger partial charge in [-0.3, -0.25) is 4.79 Å². The van der Waals surface area contributed by atoms with Gasteiger partial charge in [0, 0.05) is 11.1 Å². The Kier molecular flexibility index (Phi) is 3.84. The molecular weight excluding hydrogens is 357 g/mol. The predicted octanol–water partition coefficient (Wildman–Crippen LogP) is 2.69. The molecule has 3 aromatic rings. The number of anilines is 1. The lowest BCUT2D eigenvalue weighted by atomic mass is 10.2. The van der Waals surface area contributed by atoms with E-state index in [1.54, 1.807) is 30.3 Å². The van der Waals surface area contributed by atoms with Crippen molar-refractivity contribution < 1.29 is 17.6 Å². The second-order valence-electron chi connectivity index (χ2n) is 6.01. The predicted molar refractivity (Wildman–Crippen MR) is 94.2 cm³/mol. The summed E-state index contributed by atoms with van der Waals surface area (Å²) in [5, 5.41) is 7.09. The zero-order chi connectivity index (χ0) is 18.3. The minimum absolute atomic E-state index is 0.176. The van der Waals surface area contributed by atoms with Crippen molar-refractivity contribution in [3.8, 4) is 5.69 Å². The van der Waals surface area contributed by atoms with E-state index in [0.717, 1.165) is 0 Å². The number of nitrogens with one attached hydrogen (secondary N) is 1. The highest BCUT2D eigenvalue weighted by Gasteiger charge is 2.33. The fourth-order valence-corrected chi connectivity index (χ4v) is 4.40. The van der Waals surface area contributed by atoms with Gasteiger partial charge in [0.15, 0.2) is 9.84 Å². The lowest BCUT2D eigenvalue weighted by Gasteiger charge is -2.11. The maximum absolute atomic E-state index is 13.2. The normalized spacial score (nSPS) is 14.8. The monoisotopic (exact) mass is 371 g/mol. The number of aromatic nitrogens is 2. The Labute approximate surface area is 149 Å². The van der Waals surface area contributed by atoms with Crippen molar-refractivity contribution in [1.29, 1.82) is 0 Å². The number of nitrogens with zero attached hydrogens (tertiary/aromatic N) is 2. The first-order valence-electron chi connectivity index (χ1n) is 7.86. The first-order valence-corrected chi connectivity index (χ1v) is 9.69. The molecule has 8 heteroatoms. The zero-order valence-corrected chi connectivity index (χ0v) is 14.3. The molecule has 0 aliphatic carbocycles. The molecule has 0 spiro atoms. The van der Waals surface area contributed by atoms with Gasteiger partial charge in [0.05, 0.1) is 22.9 Å². The molecule has 4 rings (SSSR count). The molecule has 1 aliphatic rings. The molecule has 2 heterocycles. The minimum atomic E-state index is -3.28. The zero-order valence-electron chi connectivity index (χ0n) is 13.5. The van der Waals surface area contributed by atoms with Gasteiger partial charge in [0.25, 0.3) is 5.91 Å². The van der Waals surface area contributed by atoms with Crippen molar-refractivity contribution in [2.24, 2.45) is 0 Å². The molecule has 0 radical (unpaired) electrons. The quantitative estimate of drug-likeness (QED) is 0.768. The maximum atomic E-state index is 13.2. The summed E-state index contributed by atoms with van der Waals surface area (Å²) in [4.78, 5) is 12.5. The molecule has 0 saturated carbocycles. The molecule has 0 saturated heterocycles. The number of hydrogen-bond acceptors (Lipinski definition) is 4. The lowest BCUT2D eigenvalue weighted by molar-refractivity contribution is 0.102. The second kappa shape index (κ2) is 6.06. The number of halogens is 1. The largest absolute Gasteiger partial charge is 0.306 e. The van der Waals surface area contributed by atoms with E-state index in [9.17, 15) is 17.6 Å². The fourth-order valence-electron chi connectivity index (χ4n) is 2.91. The van der Waals surface area contributed by atoms with E-state index in [4.69, 9.17) is 0 Å². The number of sulfone groups is 1. The highest BCUT2D eigenvalue weighted by atomic mass is 32.2. The number of carbonyl (C=O) groups is 1.